The third-order valence-corrected chi connectivity index (χ3v) is 2.83. The van der Waals surface area contributed by atoms with E-state index in [9.17, 15) is 14.0 Å². The zero-order valence-corrected chi connectivity index (χ0v) is 11.2. The van der Waals surface area contributed by atoms with E-state index in [0.29, 0.717) is 5.69 Å². The number of carbonyl (C=O) groups excluding carboxylic acids is 1. The maximum atomic E-state index is 12.9. The fourth-order valence-electron chi connectivity index (χ4n) is 1.46. The van der Waals surface area contributed by atoms with Gasteiger partial charge >= 0.3 is 0 Å². The minimum atomic E-state index is -0.445. The molecule has 5 nitrogen and oxygen atoms in total. The third-order valence-electron chi connectivity index (χ3n) is 2.28. The lowest BCUT2D eigenvalue weighted by Crippen LogP contribution is -2.28. The fourth-order valence-corrected chi connectivity index (χ4v) is 1.80. The Bertz CT molecular complexity index is 672. The Kier molecular flexibility index (Phi) is 4.06. The van der Waals surface area contributed by atoms with E-state index in [2.05, 4.69) is 26.2 Å². The van der Waals surface area contributed by atoms with Crippen LogP contribution in [0, 0.1) is 5.82 Å². The van der Waals surface area contributed by atoms with Gasteiger partial charge in [-0.3, -0.25) is 14.2 Å². The Balaban J connectivity index is 2.10. The topological polar surface area (TPSA) is 64.0 Å². The molecular weight excluding hydrogens is 317 g/mol. The summed E-state index contributed by atoms with van der Waals surface area (Å²) in [5, 5.41) is 2.50. The number of benzene rings is 1. The lowest BCUT2D eigenvalue weighted by molar-refractivity contribution is -0.116. The average Bonchev–Trinajstić information content (AvgIpc) is 2.35. The molecule has 1 heterocycles. The molecule has 98 valence electrons. The highest BCUT2D eigenvalue weighted by molar-refractivity contribution is 9.10. The molecule has 0 atom stereocenters. The van der Waals surface area contributed by atoms with Gasteiger partial charge in [0.1, 0.15) is 16.8 Å². The van der Waals surface area contributed by atoms with Crippen molar-refractivity contribution in [2.75, 3.05) is 5.32 Å². The first-order chi connectivity index (χ1) is 9.06. The molecule has 19 heavy (non-hydrogen) atoms. The van der Waals surface area contributed by atoms with Gasteiger partial charge in [0.25, 0.3) is 5.56 Å². The van der Waals surface area contributed by atoms with E-state index < -0.39 is 11.7 Å². The summed E-state index contributed by atoms with van der Waals surface area (Å²) in [6.07, 6.45) is 2.61. The predicted octanol–water partition coefficient (Wildman–Crippen LogP) is 1.78. The Labute approximate surface area is 116 Å². The molecule has 1 amide bonds. The van der Waals surface area contributed by atoms with Crippen LogP contribution in [0.3, 0.4) is 0 Å². The minimum absolute atomic E-state index is 0.193. The van der Waals surface area contributed by atoms with Crippen LogP contribution in [-0.2, 0) is 11.3 Å². The second-order valence-electron chi connectivity index (χ2n) is 3.73. The second kappa shape index (κ2) is 5.75. The number of aromatic nitrogens is 2. The van der Waals surface area contributed by atoms with Gasteiger partial charge in [-0.25, -0.2) is 9.37 Å². The van der Waals surface area contributed by atoms with Crippen LogP contribution in [0.15, 0.2) is 46.1 Å². The number of nitrogens with zero attached hydrogens (tertiary/aromatic N) is 2. The van der Waals surface area contributed by atoms with Crippen molar-refractivity contribution >= 4 is 27.5 Å². The molecule has 0 saturated carbocycles. The smallest absolute Gasteiger partial charge is 0.268 e. The molecule has 1 aromatic heterocycles. The molecular formula is C12H9BrFN3O2. The summed E-state index contributed by atoms with van der Waals surface area (Å²) in [6, 6.07) is 5.51. The van der Waals surface area contributed by atoms with Gasteiger partial charge in [-0.05, 0) is 34.1 Å². The number of hydrogen-bond donors (Lipinski definition) is 1. The lowest BCUT2D eigenvalue weighted by Gasteiger charge is -2.07. The normalized spacial score (nSPS) is 10.2. The van der Waals surface area contributed by atoms with Gasteiger partial charge in [-0.15, -0.1) is 0 Å². The number of amides is 1. The summed E-state index contributed by atoms with van der Waals surface area (Å²) in [7, 11) is 0. The molecule has 0 aliphatic carbocycles. The molecule has 2 aromatic rings. The number of hydrogen-bond acceptors (Lipinski definition) is 3. The van der Waals surface area contributed by atoms with E-state index in [1.165, 1.54) is 30.7 Å². The zero-order chi connectivity index (χ0) is 13.8. The summed E-state index contributed by atoms with van der Waals surface area (Å²) in [5.41, 5.74) is -0.0228. The molecule has 1 N–H and O–H groups in total. The van der Waals surface area contributed by atoms with Crippen LogP contribution in [0.1, 0.15) is 0 Å². The SMILES string of the molecule is O=C(Cn1cncc(Br)c1=O)Nc1cccc(F)c1. The van der Waals surface area contributed by atoms with Gasteiger partial charge in [0.15, 0.2) is 0 Å². The van der Waals surface area contributed by atoms with E-state index >= 15 is 0 Å². The number of nitrogens with one attached hydrogen (secondary N) is 1. The van der Waals surface area contributed by atoms with Crippen molar-refractivity contribution in [3.63, 3.8) is 0 Å². The molecule has 2 rings (SSSR count). The highest BCUT2D eigenvalue weighted by Gasteiger charge is 2.07. The molecule has 0 unspecified atom stereocenters. The van der Waals surface area contributed by atoms with Crippen molar-refractivity contribution < 1.29 is 9.18 Å². The molecule has 0 fully saturated rings. The Morgan fingerprint density at radius 2 is 2.26 bits per heavy atom. The Morgan fingerprint density at radius 3 is 3.00 bits per heavy atom. The minimum Gasteiger partial charge on any atom is -0.324 e. The molecule has 0 aliphatic rings. The van der Waals surface area contributed by atoms with Crippen LogP contribution in [0.2, 0.25) is 0 Å². The first-order valence-electron chi connectivity index (χ1n) is 5.31. The van der Waals surface area contributed by atoms with Crippen LogP contribution in [0.25, 0.3) is 0 Å². The standard InChI is InChI=1S/C12H9BrFN3O2/c13-10-5-15-7-17(12(10)19)6-11(18)16-9-3-1-2-8(14)4-9/h1-5,7H,6H2,(H,16,18). The first-order valence-corrected chi connectivity index (χ1v) is 6.11. The maximum absolute atomic E-state index is 12.9. The van der Waals surface area contributed by atoms with Gasteiger partial charge in [0.05, 0.1) is 6.33 Å². The Hall–Kier alpha value is -2.02. The first kappa shape index (κ1) is 13.4. The molecule has 0 saturated heterocycles. The summed E-state index contributed by atoms with van der Waals surface area (Å²) in [6.45, 7) is -0.193. The van der Waals surface area contributed by atoms with Crippen LogP contribution >= 0.6 is 15.9 Å². The van der Waals surface area contributed by atoms with E-state index in [0.717, 1.165) is 4.57 Å². The van der Waals surface area contributed by atoms with Crippen LogP contribution in [0.4, 0.5) is 10.1 Å². The fraction of sp³-hybridized carbons (Fsp3) is 0.0833. The van der Waals surface area contributed by atoms with Crippen LogP contribution < -0.4 is 10.9 Å². The van der Waals surface area contributed by atoms with E-state index in [-0.39, 0.29) is 16.6 Å². The van der Waals surface area contributed by atoms with Gasteiger partial charge in [-0.1, -0.05) is 6.07 Å². The maximum Gasteiger partial charge on any atom is 0.268 e. The van der Waals surface area contributed by atoms with E-state index in [1.54, 1.807) is 6.07 Å². The Morgan fingerprint density at radius 1 is 1.47 bits per heavy atom. The summed E-state index contributed by atoms with van der Waals surface area (Å²) >= 11 is 3.04. The van der Waals surface area contributed by atoms with Crippen molar-refractivity contribution in [2.24, 2.45) is 0 Å². The largest absolute Gasteiger partial charge is 0.324 e. The molecule has 0 radical (unpaired) electrons. The van der Waals surface area contributed by atoms with Crippen molar-refractivity contribution in [1.82, 2.24) is 9.55 Å². The van der Waals surface area contributed by atoms with E-state index in [4.69, 9.17) is 0 Å². The summed E-state index contributed by atoms with van der Waals surface area (Å²) in [5.74, 6) is -0.883. The summed E-state index contributed by atoms with van der Waals surface area (Å²) in [4.78, 5) is 27.2. The molecule has 0 bridgehead atoms. The molecule has 7 heteroatoms. The van der Waals surface area contributed by atoms with Crippen molar-refractivity contribution in [2.45, 2.75) is 6.54 Å². The third kappa shape index (κ3) is 3.47. The van der Waals surface area contributed by atoms with Crippen molar-refractivity contribution in [3.8, 4) is 0 Å². The van der Waals surface area contributed by atoms with Crippen LogP contribution in [-0.4, -0.2) is 15.5 Å². The predicted molar refractivity (Wildman–Crippen MR) is 71.2 cm³/mol. The highest BCUT2D eigenvalue weighted by Crippen LogP contribution is 2.09. The van der Waals surface area contributed by atoms with Crippen molar-refractivity contribution in [1.29, 1.82) is 0 Å². The second-order valence-corrected chi connectivity index (χ2v) is 4.59. The lowest BCUT2D eigenvalue weighted by atomic mass is 10.3. The van der Waals surface area contributed by atoms with Crippen molar-refractivity contribution in [3.05, 3.63) is 57.4 Å². The zero-order valence-electron chi connectivity index (χ0n) is 9.64. The number of rotatable bonds is 3. The van der Waals surface area contributed by atoms with Gasteiger partial charge in [-0.2, -0.15) is 0 Å². The van der Waals surface area contributed by atoms with Gasteiger partial charge in [0, 0.05) is 11.9 Å². The average molecular weight is 326 g/mol. The quantitative estimate of drug-likeness (QED) is 0.935. The van der Waals surface area contributed by atoms with E-state index in [1.807, 2.05) is 0 Å². The number of halogens is 2. The van der Waals surface area contributed by atoms with Gasteiger partial charge < -0.3 is 5.32 Å². The molecule has 1 aromatic carbocycles. The monoisotopic (exact) mass is 325 g/mol. The highest BCUT2D eigenvalue weighted by atomic mass is 79.9. The van der Waals surface area contributed by atoms with Gasteiger partial charge in [0.2, 0.25) is 5.91 Å². The number of carbonyl (C=O) groups is 1. The summed E-state index contributed by atoms with van der Waals surface area (Å²) < 4.78 is 14.4. The van der Waals surface area contributed by atoms with Crippen LogP contribution in [0.5, 0.6) is 0 Å². The molecule has 0 spiro atoms. The molecule has 0 aliphatic heterocycles. The number of anilines is 1.